The largest absolute Gasteiger partial charge is 0.465 e. The second-order valence-corrected chi connectivity index (χ2v) is 4.74. The van der Waals surface area contributed by atoms with Crippen LogP contribution in [-0.2, 0) is 14.3 Å². The highest BCUT2D eigenvalue weighted by Gasteiger charge is 2.32. The Morgan fingerprint density at radius 2 is 2.15 bits per heavy atom. The van der Waals surface area contributed by atoms with E-state index in [1.54, 1.807) is 31.3 Å². The second kappa shape index (κ2) is 5.73. The van der Waals surface area contributed by atoms with Gasteiger partial charge in [0.25, 0.3) is 0 Å². The van der Waals surface area contributed by atoms with E-state index < -0.39 is 5.97 Å². The number of likely N-dealkylation sites (tertiary alicyclic amines) is 1. The molecule has 6 nitrogen and oxygen atoms in total. The van der Waals surface area contributed by atoms with Crippen LogP contribution in [0.15, 0.2) is 24.3 Å². The third-order valence-electron chi connectivity index (χ3n) is 3.26. The van der Waals surface area contributed by atoms with Crippen molar-refractivity contribution in [3.8, 4) is 0 Å². The Kier molecular flexibility index (Phi) is 4.02. The van der Waals surface area contributed by atoms with Crippen molar-refractivity contribution in [3.05, 3.63) is 29.8 Å². The first-order valence-electron chi connectivity index (χ1n) is 6.24. The van der Waals surface area contributed by atoms with Crippen molar-refractivity contribution >= 4 is 23.5 Å². The third kappa shape index (κ3) is 2.96. The summed E-state index contributed by atoms with van der Waals surface area (Å²) in [4.78, 5) is 36.4. The Morgan fingerprint density at radius 1 is 1.40 bits per heavy atom. The molecule has 2 amide bonds. The van der Waals surface area contributed by atoms with Gasteiger partial charge in [-0.2, -0.15) is 0 Å². The van der Waals surface area contributed by atoms with Crippen LogP contribution in [0, 0.1) is 5.92 Å². The summed E-state index contributed by atoms with van der Waals surface area (Å²) in [5.74, 6) is -1.07. The Hall–Kier alpha value is -2.37. The summed E-state index contributed by atoms with van der Waals surface area (Å²) in [5.41, 5.74) is 0.879. The fourth-order valence-electron chi connectivity index (χ4n) is 2.13. The zero-order valence-corrected chi connectivity index (χ0v) is 11.4. The van der Waals surface area contributed by atoms with E-state index in [9.17, 15) is 14.4 Å². The van der Waals surface area contributed by atoms with E-state index in [0.717, 1.165) is 0 Å². The zero-order valence-electron chi connectivity index (χ0n) is 11.4. The molecule has 0 aromatic heterocycles. The highest BCUT2D eigenvalue weighted by molar-refractivity contribution is 5.98. The number of methoxy groups -OCH3 is 1. The molecule has 1 unspecified atom stereocenters. The first-order valence-corrected chi connectivity index (χ1v) is 6.24. The van der Waals surface area contributed by atoms with Gasteiger partial charge in [0.2, 0.25) is 11.8 Å². The van der Waals surface area contributed by atoms with Crippen LogP contribution in [0.4, 0.5) is 5.69 Å². The van der Waals surface area contributed by atoms with E-state index in [-0.39, 0.29) is 24.2 Å². The molecule has 1 aromatic carbocycles. The smallest absolute Gasteiger partial charge is 0.337 e. The molecule has 1 aliphatic rings. The number of benzene rings is 1. The summed E-state index contributed by atoms with van der Waals surface area (Å²) in [7, 11) is 2.97. The van der Waals surface area contributed by atoms with Gasteiger partial charge in [0.1, 0.15) is 0 Å². The first-order chi connectivity index (χ1) is 9.51. The number of hydrogen-bond donors (Lipinski definition) is 1. The number of carbonyl (C=O) groups excluding carboxylic acids is 3. The number of nitrogens with one attached hydrogen (secondary N) is 1. The van der Waals surface area contributed by atoms with Gasteiger partial charge in [0.15, 0.2) is 0 Å². The fourth-order valence-corrected chi connectivity index (χ4v) is 2.13. The molecular weight excluding hydrogens is 260 g/mol. The molecule has 1 atom stereocenters. The molecule has 0 radical (unpaired) electrons. The summed E-state index contributed by atoms with van der Waals surface area (Å²) < 4.78 is 4.62. The molecule has 1 heterocycles. The summed E-state index contributed by atoms with van der Waals surface area (Å²) in [6.45, 7) is 0.418. The minimum atomic E-state index is -0.461. The first kappa shape index (κ1) is 14.0. The SMILES string of the molecule is COC(=O)c1cccc(NC(=O)C2CC(=O)N(C)C2)c1. The molecule has 1 saturated heterocycles. The number of nitrogens with zero attached hydrogens (tertiary/aromatic N) is 1. The Bertz CT molecular complexity index is 556. The van der Waals surface area contributed by atoms with Crippen LogP contribution >= 0.6 is 0 Å². The average Bonchev–Trinajstić information content (AvgIpc) is 2.78. The van der Waals surface area contributed by atoms with Gasteiger partial charge in [-0.3, -0.25) is 9.59 Å². The minimum absolute atomic E-state index is 0.0338. The van der Waals surface area contributed by atoms with Crippen molar-refractivity contribution in [3.63, 3.8) is 0 Å². The number of anilines is 1. The molecule has 0 spiro atoms. The number of amides is 2. The van der Waals surface area contributed by atoms with Crippen LogP contribution in [0.25, 0.3) is 0 Å². The molecule has 1 N–H and O–H groups in total. The maximum absolute atomic E-state index is 12.1. The summed E-state index contributed by atoms with van der Waals surface area (Å²) in [5, 5.41) is 2.72. The molecule has 1 aliphatic heterocycles. The van der Waals surface area contributed by atoms with Crippen molar-refractivity contribution in [2.45, 2.75) is 6.42 Å². The van der Waals surface area contributed by atoms with Crippen molar-refractivity contribution in [2.24, 2.45) is 5.92 Å². The van der Waals surface area contributed by atoms with Crippen LogP contribution < -0.4 is 5.32 Å². The van der Waals surface area contributed by atoms with Crippen LogP contribution in [0.2, 0.25) is 0 Å². The maximum Gasteiger partial charge on any atom is 0.337 e. The van der Waals surface area contributed by atoms with Gasteiger partial charge in [-0.25, -0.2) is 4.79 Å². The second-order valence-electron chi connectivity index (χ2n) is 4.74. The lowest BCUT2D eigenvalue weighted by Gasteiger charge is -2.11. The zero-order chi connectivity index (χ0) is 14.7. The van der Waals surface area contributed by atoms with Gasteiger partial charge in [-0.15, -0.1) is 0 Å². The molecule has 20 heavy (non-hydrogen) atoms. The Balaban J connectivity index is 2.05. The van der Waals surface area contributed by atoms with Crippen molar-refractivity contribution in [2.75, 3.05) is 26.0 Å². The lowest BCUT2D eigenvalue weighted by molar-refractivity contribution is -0.127. The highest BCUT2D eigenvalue weighted by atomic mass is 16.5. The van der Waals surface area contributed by atoms with Crippen LogP contribution in [-0.4, -0.2) is 43.4 Å². The van der Waals surface area contributed by atoms with Crippen molar-refractivity contribution in [1.29, 1.82) is 0 Å². The molecule has 0 bridgehead atoms. The van der Waals surface area contributed by atoms with Gasteiger partial charge < -0.3 is 15.0 Å². The molecule has 0 aliphatic carbocycles. The number of hydrogen-bond acceptors (Lipinski definition) is 4. The topological polar surface area (TPSA) is 75.7 Å². The normalized spacial score (nSPS) is 18.0. The predicted molar refractivity (Wildman–Crippen MR) is 72.2 cm³/mol. The molecule has 1 fully saturated rings. The van der Waals surface area contributed by atoms with E-state index in [1.165, 1.54) is 12.0 Å². The monoisotopic (exact) mass is 276 g/mol. The van der Waals surface area contributed by atoms with E-state index >= 15 is 0 Å². The van der Waals surface area contributed by atoms with E-state index in [4.69, 9.17) is 0 Å². The molecule has 6 heteroatoms. The van der Waals surface area contributed by atoms with E-state index in [0.29, 0.717) is 17.8 Å². The quantitative estimate of drug-likeness (QED) is 0.832. The van der Waals surface area contributed by atoms with Gasteiger partial charge in [0.05, 0.1) is 18.6 Å². The number of ether oxygens (including phenoxy) is 1. The minimum Gasteiger partial charge on any atom is -0.465 e. The van der Waals surface area contributed by atoms with E-state index in [1.807, 2.05) is 0 Å². The maximum atomic E-state index is 12.1. The number of carbonyl (C=O) groups is 3. The van der Waals surface area contributed by atoms with Crippen LogP contribution in [0.5, 0.6) is 0 Å². The molecule has 0 saturated carbocycles. The molecular formula is C14H16N2O4. The highest BCUT2D eigenvalue weighted by Crippen LogP contribution is 2.19. The van der Waals surface area contributed by atoms with Gasteiger partial charge in [-0.05, 0) is 18.2 Å². The lowest BCUT2D eigenvalue weighted by atomic mass is 10.1. The molecule has 1 aromatic rings. The standard InChI is InChI=1S/C14H16N2O4/c1-16-8-10(7-12(16)17)13(18)15-11-5-3-4-9(6-11)14(19)20-2/h3-6,10H,7-8H2,1-2H3,(H,15,18). The van der Waals surface area contributed by atoms with Crippen molar-refractivity contribution in [1.82, 2.24) is 4.90 Å². The molecule has 2 rings (SSSR count). The van der Waals surface area contributed by atoms with Gasteiger partial charge in [0, 0.05) is 25.7 Å². The molecule has 106 valence electrons. The number of rotatable bonds is 3. The average molecular weight is 276 g/mol. The van der Waals surface area contributed by atoms with Crippen LogP contribution in [0.3, 0.4) is 0 Å². The van der Waals surface area contributed by atoms with Crippen molar-refractivity contribution < 1.29 is 19.1 Å². The Morgan fingerprint density at radius 3 is 2.75 bits per heavy atom. The lowest BCUT2D eigenvalue weighted by Crippen LogP contribution is -2.25. The Labute approximate surface area is 116 Å². The summed E-state index contributed by atoms with van der Waals surface area (Å²) in [6, 6.07) is 6.50. The third-order valence-corrected chi connectivity index (χ3v) is 3.26. The van der Waals surface area contributed by atoms with Gasteiger partial charge in [-0.1, -0.05) is 6.07 Å². The summed E-state index contributed by atoms with van der Waals surface area (Å²) >= 11 is 0. The number of esters is 1. The van der Waals surface area contributed by atoms with E-state index in [2.05, 4.69) is 10.1 Å². The summed E-state index contributed by atoms with van der Waals surface area (Å²) in [6.07, 6.45) is 0.221. The fraction of sp³-hybridized carbons (Fsp3) is 0.357. The van der Waals surface area contributed by atoms with Crippen LogP contribution in [0.1, 0.15) is 16.8 Å². The predicted octanol–water partition coefficient (Wildman–Crippen LogP) is 0.890. The van der Waals surface area contributed by atoms with Gasteiger partial charge >= 0.3 is 5.97 Å².